The third-order valence-electron chi connectivity index (χ3n) is 5.50. The van der Waals surface area contributed by atoms with E-state index in [0.29, 0.717) is 11.8 Å². The smallest absolute Gasteiger partial charge is 0.418 e. The van der Waals surface area contributed by atoms with Crippen LogP contribution >= 0.6 is 0 Å². The highest BCUT2D eigenvalue weighted by Crippen LogP contribution is 2.39. The third-order valence-corrected chi connectivity index (χ3v) is 5.50. The minimum absolute atomic E-state index is 0.212. The second kappa shape index (κ2) is 9.46. The summed E-state index contributed by atoms with van der Waals surface area (Å²) in [4.78, 5) is 31.6. The van der Waals surface area contributed by atoms with Gasteiger partial charge in [-0.2, -0.15) is 18.2 Å². The predicted octanol–water partition coefficient (Wildman–Crippen LogP) is 5.91. The van der Waals surface area contributed by atoms with Gasteiger partial charge < -0.3 is 10.0 Å². The van der Waals surface area contributed by atoms with Gasteiger partial charge in [-0.1, -0.05) is 66.7 Å². The molecule has 1 saturated heterocycles. The molecule has 35 heavy (non-hydrogen) atoms. The van der Waals surface area contributed by atoms with Crippen molar-refractivity contribution in [2.75, 3.05) is 7.05 Å². The number of rotatable bonds is 3. The zero-order chi connectivity index (χ0) is 25.2. The minimum atomic E-state index is -4.63. The molecule has 3 aromatic rings. The molecule has 178 valence electrons. The fourth-order valence-electron chi connectivity index (χ4n) is 3.91. The molecule has 0 radical (unpaired) electrons. The first-order valence-corrected chi connectivity index (χ1v) is 10.5. The lowest BCUT2D eigenvalue weighted by Crippen LogP contribution is -2.35. The van der Waals surface area contributed by atoms with Crippen molar-refractivity contribution >= 4 is 24.0 Å². The van der Waals surface area contributed by atoms with Gasteiger partial charge in [-0.3, -0.25) is 4.79 Å². The lowest BCUT2D eigenvalue weighted by Gasteiger charge is -2.20. The molecule has 0 spiro atoms. The first-order chi connectivity index (χ1) is 16.7. The van der Waals surface area contributed by atoms with Crippen LogP contribution in [0.2, 0.25) is 0 Å². The minimum Gasteiger partial charge on any atom is -0.464 e. The van der Waals surface area contributed by atoms with Crippen LogP contribution in [0.5, 0.6) is 0 Å². The summed E-state index contributed by atoms with van der Waals surface area (Å²) in [6, 6.07) is 21.4. The van der Waals surface area contributed by atoms with E-state index >= 15 is 0 Å². The molecule has 0 aliphatic carbocycles. The van der Waals surface area contributed by atoms with Crippen LogP contribution in [0.25, 0.3) is 6.08 Å². The summed E-state index contributed by atoms with van der Waals surface area (Å²) in [7, 11) is 1.58. The fraction of sp³-hybridized carbons (Fsp3) is 0.115. The molecule has 0 aromatic heterocycles. The van der Waals surface area contributed by atoms with Crippen molar-refractivity contribution in [1.82, 2.24) is 9.80 Å². The molecule has 4 rings (SSSR count). The number of amides is 2. The van der Waals surface area contributed by atoms with Gasteiger partial charge >= 0.3 is 12.3 Å². The van der Waals surface area contributed by atoms with Crippen molar-refractivity contribution in [3.63, 3.8) is 0 Å². The number of halogens is 3. The Kier molecular flexibility index (Phi) is 6.42. The molecular formula is C26H20F3N3O3. The summed E-state index contributed by atoms with van der Waals surface area (Å²) in [5.41, 5.74) is 0.509. The van der Waals surface area contributed by atoms with Gasteiger partial charge in [0.25, 0.3) is 5.91 Å². The van der Waals surface area contributed by atoms with Crippen LogP contribution in [-0.2, 0) is 6.18 Å². The molecule has 3 aromatic carbocycles. The Balaban J connectivity index is 1.84. The molecule has 1 N–H and O–H groups in total. The summed E-state index contributed by atoms with van der Waals surface area (Å²) in [5.74, 6) is -1.20. The van der Waals surface area contributed by atoms with Crippen LogP contribution in [-0.4, -0.2) is 39.9 Å². The maximum Gasteiger partial charge on any atom is 0.418 e. The second-order valence-electron chi connectivity index (χ2n) is 7.82. The van der Waals surface area contributed by atoms with Crippen LogP contribution in [0.1, 0.15) is 33.1 Å². The summed E-state index contributed by atoms with van der Waals surface area (Å²) >= 11 is 0. The topological polar surface area (TPSA) is 73.2 Å². The number of guanidine groups is 1. The van der Waals surface area contributed by atoms with Crippen molar-refractivity contribution in [1.29, 1.82) is 0 Å². The Morgan fingerprint density at radius 1 is 0.943 bits per heavy atom. The zero-order valence-electron chi connectivity index (χ0n) is 18.5. The first-order valence-electron chi connectivity index (χ1n) is 10.5. The van der Waals surface area contributed by atoms with Crippen LogP contribution < -0.4 is 0 Å². The SMILES string of the molecule is CN1/C(=N/C(=O)c2cccc(C(F)(F)F)c2)N(C(=O)O)/C(=C\c2ccccc2)C1c1ccccc1. The van der Waals surface area contributed by atoms with Gasteiger partial charge in [0.05, 0.1) is 17.3 Å². The molecule has 1 fully saturated rings. The van der Waals surface area contributed by atoms with Crippen LogP contribution in [0.3, 0.4) is 0 Å². The van der Waals surface area contributed by atoms with E-state index in [1.807, 2.05) is 24.3 Å². The lowest BCUT2D eigenvalue weighted by atomic mass is 10.0. The Labute approximate surface area is 199 Å². The van der Waals surface area contributed by atoms with Crippen molar-refractivity contribution < 1.29 is 27.9 Å². The normalized spacial score (nSPS) is 18.3. The number of aliphatic imine (C=N–C) groups is 1. The molecule has 1 unspecified atom stereocenters. The highest BCUT2D eigenvalue weighted by Gasteiger charge is 2.43. The molecule has 6 nitrogen and oxygen atoms in total. The average molecular weight is 479 g/mol. The number of carbonyl (C=O) groups excluding carboxylic acids is 1. The predicted molar refractivity (Wildman–Crippen MR) is 124 cm³/mol. The maximum absolute atomic E-state index is 13.1. The van der Waals surface area contributed by atoms with E-state index < -0.39 is 29.8 Å². The van der Waals surface area contributed by atoms with Crippen LogP contribution in [0.15, 0.2) is 95.6 Å². The molecule has 0 saturated carbocycles. The van der Waals surface area contributed by atoms with E-state index in [-0.39, 0.29) is 11.5 Å². The summed E-state index contributed by atoms with van der Waals surface area (Å²) in [6.45, 7) is 0. The number of nitrogens with zero attached hydrogens (tertiary/aromatic N) is 3. The Morgan fingerprint density at radius 3 is 2.17 bits per heavy atom. The molecule has 0 bridgehead atoms. The first kappa shape index (κ1) is 23.7. The van der Waals surface area contributed by atoms with Gasteiger partial charge in [0, 0.05) is 12.6 Å². The van der Waals surface area contributed by atoms with Gasteiger partial charge in [-0.05, 0) is 35.4 Å². The third kappa shape index (κ3) is 4.93. The van der Waals surface area contributed by atoms with E-state index in [0.717, 1.165) is 28.2 Å². The number of likely N-dealkylation sites (N-methyl/N-ethyl adjacent to an activating group) is 1. The molecule has 1 aliphatic rings. The Hall–Kier alpha value is -4.40. The number of hydrogen-bond donors (Lipinski definition) is 1. The maximum atomic E-state index is 13.1. The van der Waals surface area contributed by atoms with E-state index in [1.165, 1.54) is 11.0 Å². The lowest BCUT2D eigenvalue weighted by molar-refractivity contribution is -0.137. The highest BCUT2D eigenvalue weighted by molar-refractivity contribution is 6.08. The summed E-state index contributed by atoms with van der Waals surface area (Å²) in [5, 5.41) is 10.1. The molecule has 1 atom stereocenters. The fourth-order valence-corrected chi connectivity index (χ4v) is 3.91. The van der Waals surface area contributed by atoms with E-state index in [1.54, 1.807) is 49.5 Å². The zero-order valence-corrected chi connectivity index (χ0v) is 18.5. The number of carbonyl (C=O) groups is 2. The molecular weight excluding hydrogens is 459 g/mol. The van der Waals surface area contributed by atoms with Gasteiger partial charge in [0.1, 0.15) is 0 Å². The van der Waals surface area contributed by atoms with Crippen molar-refractivity contribution in [3.05, 3.63) is 113 Å². The number of carboxylic acid groups (broad SMARTS) is 1. The van der Waals surface area contributed by atoms with Gasteiger partial charge in [0.15, 0.2) is 0 Å². The molecule has 1 aliphatic heterocycles. The summed E-state index contributed by atoms with van der Waals surface area (Å²) < 4.78 is 39.3. The monoisotopic (exact) mass is 479 g/mol. The number of hydrogen-bond acceptors (Lipinski definition) is 2. The molecule has 1 heterocycles. The standard InChI is InChI=1S/C26H20F3N3O3/c1-31-22(18-11-6-3-7-12-18)21(15-17-9-4-2-5-10-17)32(25(34)35)24(31)30-23(33)19-13-8-14-20(16-19)26(27,28)29/h2-16,22H,1H3,(H,34,35)/b21-15-,30-24-. The Bertz CT molecular complexity index is 1310. The average Bonchev–Trinajstić information content (AvgIpc) is 3.10. The van der Waals surface area contributed by atoms with E-state index in [9.17, 15) is 27.9 Å². The number of benzene rings is 3. The van der Waals surface area contributed by atoms with Crippen molar-refractivity contribution in [3.8, 4) is 0 Å². The largest absolute Gasteiger partial charge is 0.464 e. The number of alkyl halides is 3. The van der Waals surface area contributed by atoms with Crippen molar-refractivity contribution in [2.45, 2.75) is 12.2 Å². The second-order valence-corrected chi connectivity index (χ2v) is 7.82. The van der Waals surface area contributed by atoms with Crippen LogP contribution in [0.4, 0.5) is 18.0 Å². The molecule has 9 heteroatoms. The van der Waals surface area contributed by atoms with E-state index in [4.69, 9.17) is 0 Å². The summed E-state index contributed by atoms with van der Waals surface area (Å²) in [6.07, 6.45) is -4.34. The van der Waals surface area contributed by atoms with Crippen LogP contribution in [0, 0.1) is 0 Å². The highest BCUT2D eigenvalue weighted by atomic mass is 19.4. The molecule has 2 amide bonds. The van der Waals surface area contributed by atoms with Gasteiger partial charge in [-0.15, -0.1) is 0 Å². The van der Waals surface area contributed by atoms with Gasteiger partial charge in [0.2, 0.25) is 5.96 Å². The van der Waals surface area contributed by atoms with Gasteiger partial charge in [-0.25, -0.2) is 9.69 Å². The van der Waals surface area contributed by atoms with E-state index in [2.05, 4.69) is 4.99 Å². The quantitative estimate of drug-likeness (QED) is 0.507. The van der Waals surface area contributed by atoms with Crippen molar-refractivity contribution in [2.24, 2.45) is 4.99 Å². The Morgan fingerprint density at radius 2 is 1.57 bits per heavy atom.